The summed E-state index contributed by atoms with van der Waals surface area (Å²) in [6.07, 6.45) is -0.528. The number of sulfonamides is 1. The van der Waals surface area contributed by atoms with Gasteiger partial charge in [-0.2, -0.15) is 0 Å². The summed E-state index contributed by atoms with van der Waals surface area (Å²) in [5.41, 5.74) is 5.87. The Kier molecular flexibility index (Phi) is 4.82. The van der Waals surface area contributed by atoms with Crippen molar-refractivity contribution in [1.29, 1.82) is 0 Å². The van der Waals surface area contributed by atoms with Crippen LogP contribution in [0, 0.1) is 6.92 Å². The van der Waals surface area contributed by atoms with Crippen LogP contribution in [0.3, 0.4) is 0 Å². The zero-order valence-electron chi connectivity index (χ0n) is 10.7. The van der Waals surface area contributed by atoms with Crippen LogP contribution in [0.15, 0.2) is 23.1 Å². The SMILES string of the molecule is Cc1c(NC(=O)C(N)CC(=O)O)cccc1S(N)(=O)=O. The lowest BCUT2D eigenvalue weighted by atomic mass is 10.1. The van der Waals surface area contributed by atoms with Crippen LogP contribution in [0.4, 0.5) is 5.69 Å². The number of carbonyl (C=O) groups is 2. The zero-order valence-corrected chi connectivity index (χ0v) is 11.5. The first kappa shape index (κ1) is 16.1. The normalized spacial score (nSPS) is 12.8. The van der Waals surface area contributed by atoms with Crippen LogP contribution in [-0.4, -0.2) is 31.4 Å². The summed E-state index contributed by atoms with van der Waals surface area (Å²) in [6.45, 7) is 1.47. The Morgan fingerprint density at radius 1 is 1.40 bits per heavy atom. The Morgan fingerprint density at radius 2 is 2.00 bits per heavy atom. The van der Waals surface area contributed by atoms with Gasteiger partial charge in [0.2, 0.25) is 15.9 Å². The molecule has 0 bridgehead atoms. The first-order valence-corrected chi connectivity index (χ1v) is 7.08. The fourth-order valence-electron chi connectivity index (χ4n) is 1.56. The minimum atomic E-state index is -3.91. The van der Waals surface area contributed by atoms with Crippen LogP contribution in [0.1, 0.15) is 12.0 Å². The number of carbonyl (C=O) groups excluding carboxylic acids is 1. The lowest BCUT2D eigenvalue weighted by molar-refractivity contribution is -0.138. The molecule has 0 saturated heterocycles. The molecule has 0 heterocycles. The van der Waals surface area contributed by atoms with E-state index in [-0.39, 0.29) is 16.1 Å². The number of benzene rings is 1. The van der Waals surface area contributed by atoms with Crippen LogP contribution in [0.5, 0.6) is 0 Å². The molecular weight excluding hydrogens is 286 g/mol. The van der Waals surface area contributed by atoms with Gasteiger partial charge in [-0.25, -0.2) is 13.6 Å². The number of amides is 1. The van der Waals surface area contributed by atoms with Gasteiger partial charge in [0.05, 0.1) is 17.4 Å². The van der Waals surface area contributed by atoms with E-state index in [0.29, 0.717) is 0 Å². The van der Waals surface area contributed by atoms with E-state index in [4.69, 9.17) is 16.0 Å². The summed E-state index contributed by atoms with van der Waals surface area (Å²) in [5.74, 6) is -1.93. The Hall–Kier alpha value is -1.97. The van der Waals surface area contributed by atoms with E-state index in [1.807, 2.05) is 0 Å². The number of rotatable bonds is 5. The molecule has 8 nitrogen and oxygen atoms in total. The smallest absolute Gasteiger partial charge is 0.305 e. The second-order valence-corrected chi connectivity index (χ2v) is 5.70. The van der Waals surface area contributed by atoms with E-state index in [1.165, 1.54) is 25.1 Å². The Morgan fingerprint density at radius 3 is 2.50 bits per heavy atom. The van der Waals surface area contributed by atoms with Crippen molar-refractivity contribution in [3.05, 3.63) is 23.8 Å². The Labute approximate surface area is 115 Å². The molecule has 0 spiro atoms. The van der Waals surface area contributed by atoms with Gasteiger partial charge in [0.1, 0.15) is 0 Å². The molecule has 9 heteroatoms. The fourth-order valence-corrected chi connectivity index (χ4v) is 2.37. The highest BCUT2D eigenvalue weighted by molar-refractivity contribution is 7.89. The quantitative estimate of drug-likeness (QED) is 0.568. The molecule has 0 radical (unpaired) electrons. The minimum Gasteiger partial charge on any atom is -0.481 e. The first-order valence-electron chi connectivity index (χ1n) is 5.53. The molecule has 6 N–H and O–H groups in total. The van der Waals surface area contributed by atoms with Gasteiger partial charge < -0.3 is 16.2 Å². The standard InChI is InChI=1S/C11H15N3O5S/c1-6-8(3-2-4-9(6)20(13,18)19)14-11(17)7(12)5-10(15)16/h2-4,7H,5,12H2,1H3,(H,14,17)(H,15,16)(H2,13,18,19). The van der Waals surface area contributed by atoms with Gasteiger partial charge in [-0.1, -0.05) is 6.07 Å². The first-order chi connectivity index (χ1) is 9.12. The summed E-state index contributed by atoms with van der Waals surface area (Å²) in [6, 6.07) is 2.95. The van der Waals surface area contributed by atoms with E-state index in [9.17, 15) is 18.0 Å². The van der Waals surface area contributed by atoms with E-state index in [1.54, 1.807) is 0 Å². The number of carboxylic acid groups (broad SMARTS) is 1. The van der Waals surface area contributed by atoms with Crippen LogP contribution in [-0.2, 0) is 19.6 Å². The molecule has 0 saturated carbocycles. The van der Waals surface area contributed by atoms with Crippen molar-refractivity contribution < 1.29 is 23.1 Å². The molecular formula is C11H15N3O5S. The van der Waals surface area contributed by atoms with Crippen molar-refractivity contribution in [3.8, 4) is 0 Å². The number of primary sulfonamides is 1. The number of anilines is 1. The van der Waals surface area contributed by atoms with Crippen molar-refractivity contribution in [2.24, 2.45) is 10.9 Å². The van der Waals surface area contributed by atoms with E-state index >= 15 is 0 Å². The number of hydrogen-bond donors (Lipinski definition) is 4. The highest BCUT2D eigenvalue weighted by Crippen LogP contribution is 2.22. The molecule has 1 atom stereocenters. The van der Waals surface area contributed by atoms with Crippen molar-refractivity contribution >= 4 is 27.6 Å². The predicted molar refractivity (Wildman–Crippen MR) is 71.4 cm³/mol. The molecule has 1 aromatic carbocycles. The molecule has 110 valence electrons. The van der Waals surface area contributed by atoms with Gasteiger partial charge in [0.25, 0.3) is 0 Å². The van der Waals surface area contributed by atoms with Crippen LogP contribution >= 0.6 is 0 Å². The topological polar surface area (TPSA) is 153 Å². The average Bonchev–Trinajstić information content (AvgIpc) is 2.29. The maximum atomic E-state index is 11.7. The van der Waals surface area contributed by atoms with Crippen molar-refractivity contribution in [3.63, 3.8) is 0 Å². The summed E-state index contributed by atoms with van der Waals surface area (Å²) >= 11 is 0. The maximum Gasteiger partial charge on any atom is 0.305 e. The third-order valence-corrected chi connectivity index (χ3v) is 3.64. The summed E-state index contributed by atoms with van der Waals surface area (Å²) < 4.78 is 22.7. The molecule has 0 fully saturated rings. The summed E-state index contributed by atoms with van der Waals surface area (Å²) in [5, 5.41) is 16.0. The van der Waals surface area contributed by atoms with E-state index in [2.05, 4.69) is 5.32 Å². The van der Waals surface area contributed by atoms with Crippen LogP contribution in [0.25, 0.3) is 0 Å². The lowest BCUT2D eigenvalue weighted by Crippen LogP contribution is -2.37. The molecule has 0 aliphatic carbocycles. The molecule has 20 heavy (non-hydrogen) atoms. The molecule has 1 rings (SSSR count). The highest BCUT2D eigenvalue weighted by Gasteiger charge is 2.19. The van der Waals surface area contributed by atoms with Gasteiger partial charge in [0.15, 0.2) is 0 Å². The van der Waals surface area contributed by atoms with Crippen molar-refractivity contribution in [2.75, 3.05) is 5.32 Å². The largest absolute Gasteiger partial charge is 0.481 e. The van der Waals surface area contributed by atoms with E-state index in [0.717, 1.165) is 0 Å². The second kappa shape index (κ2) is 5.99. The highest BCUT2D eigenvalue weighted by atomic mass is 32.2. The third kappa shape index (κ3) is 4.02. The Balaban J connectivity index is 3.00. The van der Waals surface area contributed by atoms with Crippen molar-refractivity contribution in [1.82, 2.24) is 0 Å². The summed E-state index contributed by atoms with van der Waals surface area (Å²) in [4.78, 5) is 22.0. The molecule has 1 aromatic rings. The zero-order chi connectivity index (χ0) is 15.5. The molecule has 0 aromatic heterocycles. The van der Waals surface area contributed by atoms with Crippen molar-refractivity contribution in [2.45, 2.75) is 24.3 Å². The number of hydrogen-bond acceptors (Lipinski definition) is 5. The van der Waals surface area contributed by atoms with E-state index < -0.39 is 34.4 Å². The van der Waals surface area contributed by atoms with Crippen LogP contribution < -0.4 is 16.2 Å². The monoisotopic (exact) mass is 301 g/mol. The van der Waals surface area contributed by atoms with Gasteiger partial charge in [0, 0.05) is 5.69 Å². The molecule has 1 amide bonds. The predicted octanol–water partition coefficient (Wildman–Crippen LogP) is -0.617. The van der Waals surface area contributed by atoms with Gasteiger partial charge in [-0.3, -0.25) is 9.59 Å². The molecule has 1 unspecified atom stereocenters. The number of nitrogens with two attached hydrogens (primary N) is 2. The fraction of sp³-hybridized carbons (Fsp3) is 0.273. The number of nitrogens with one attached hydrogen (secondary N) is 1. The summed E-state index contributed by atoms with van der Waals surface area (Å²) in [7, 11) is -3.91. The maximum absolute atomic E-state index is 11.7. The molecule has 0 aliphatic heterocycles. The third-order valence-electron chi connectivity index (χ3n) is 2.58. The van der Waals surface area contributed by atoms with Gasteiger partial charge in [-0.05, 0) is 24.6 Å². The van der Waals surface area contributed by atoms with Crippen LogP contribution in [0.2, 0.25) is 0 Å². The number of aliphatic carboxylic acids is 1. The minimum absolute atomic E-state index is 0.123. The number of carboxylic acids is 1. The lowest BCUT2D eigenvalue weighted by Gasteiger charge is -2.13. The average molecular weight is 301 g/mol. The Bertz CT molecular complexity index is 641. The molecule has 0 aliphatic rings. The van der Waals surface area contributed by atoms with Gasteiger partial charge >= 0.3 is 5.97 Å². The second-order valence-electron chi connectivity index (χ2n) is 4.17. The van der Waals surface area contributed by atoms with Gasteiger partial charge in [-0.15, -0.1) is 0 Å².